The molecular weight excluding hydrogens is 336 g/mol. The van der Waals surface area contributed by atoms with Gasteiger partial charge in [0.05, 0.1) is 0 Å². The largest absolute Gasteiger partial charge is 0.351 e. The number of piperidine rings is 1. The summed E-state index contributed by atoms with van der Waals surface area (Å²) in [5, 5.41) is 7.44. The molecule has 2 heterocycles. The van der Waals surface area contributed by atoms with Gasteiger partial charge in [-0.05, 0) is 43.0 Å². The molecule has 5 heteroatoms. The lowest BCUT2D eigenvalue weighted by Gasteiger charge is -2.27. The fraction of sp³-hybridized carbons (Fsp3) is 0.318. The minimum atomic E-state index is -0.0697. The van der Waals surface area contributed by atoms with E-state index in [1.54, 1.807) is 0 Å². The lowest BCUT2D eigenvalue weighted by atomic mass is 10.0. The summed E-state index contributed by atoms with van der Waals surface area (Å²) in [7, 11) is 0. The Morgan fingerprint density at radius 1 is 1.11 bits per heavy atom. The molecule has 0 bridgehead atoms. The first-order valence-electron chi connectivity index (χ1n) is 9.55. The van der Waals surface area contributed by atoms with Crippen LogP contribution in [0.25, 0.3) is 22.0 Å². The van der Waals surface area contributed by atoms with Crippen LogP contribution in [0.4, 0.5) is 0 Å². The lowest BCUT2D eigenvalue weighted by Crippen LogP contribution is -2.50. The number of H-pyrrole nitrogens is 1. The van der Waals surface area contributed by atoms with Gasteiger partial charge in [0.1, 0.15) is 5.69 Å². The molecule has 0 spiro atoms. The Morgan fingerprint density at radius 3 is 2.63 bits per heavy atom. The Balaban J connectivity index is 1.46. The van der Waals surface area contributed by atoms with Gasteiger partial charge in [-0.25, -0.2) is 0 Å². The topological polar surface area (TPSA) is 82.9 Å². The molecule has 2 unspecified atom stereocenters. The molecule has 0 aliphatic carbocycles. The zero-order valence-electron chi connectivity index (χ0n) is 15.6. The third-order valence-electron chi connectivity index (χ3n) is 5.32. The molecule has 2 atom stereocenters. The van der Waals surface area contributed by atoms with E-state index in [0.29, 0.717) is 18.3 Å². The molecular formula is C22H26N4O. The Hall–Kier alpha value is -2.63. The van der Waals surface area contributed by atoms with Crippen molar-refractivity contribution in [1.29, 1.82) is 0 Å². The summed E-state index contributed by atoms with van der Waals surface area (Å²) in [4.78, 5) is 15.8. The normalized spacial score (nSPS) is 19.9. The van der Waals surface area contributed by atoms with E-state index in [1.807, 2.05) is 6.07 Å². The van der Waals surface area contributed by atoms with Crippen molar-refractivity contribution in [3.8, 4) is 11.1 Å². The predicted octanol–water partition coefficient (Wildman–Crippen LogP) is 2.95. The standard InChI is InChI=1S/C22H26N4O/c1-14-2-4-15(5-3-14)16-6-7-17-11-21(26-20(17)10-16)22(27)25-13-19-9-8-18(23)12-24-19/h2-7,10-11,18-19,24,26H,8-9,12-13,23H2,1H3,(H,25,27). The SMILES string of the molecule is Cc1ccc(-c2ccc3cc(C(=O)NCC4CCC(N)CN4)[nH]c3c2)cc1. The molecule has 1 fully saturated rings. The average Bonchev–Trinajstić information content (AvgIpc) is 3.11. The summed E-state index contributed by atoms with van der Waals surface area (Å²) >= 11 is 0. The van der Waals surface area contributed by atoms with Crippen LogP contribution < -0.4 is 16.4 Å². The van der Waals surface area contributed by atoms with Crippen molar-refractivity contribution in [1.82, 2.24) is 15.6 Å². The maximum absolute atomic E-state index is 12.5. The van der Waals surface area contributed by atoms with Crippen molar-refractivity contribution in [2.45, 2.75) is 31.8 Å². The number of hydrogen-bond donors (Lipinski definition) is 4. The van der Waals surface area contributed by atoms with Crippen LogP contribution in [-0.4, -0.2) is 36.1 Å². The number of aryl methyl sites for hydroxylation is 1. The van der Waals surface area contributed by atoms with E-state index in [-0.39, 0.29) is 11.9 Å². The van der Waals surface area contributed by atoms with Gasteiger partial charge < -0.3 is 21.4 Å². The summed E-state index contributed by atoms with van der Waals surface area (Å²) in [5.74, 6) is -0.0697. The highest BCUT2D eigenvalue weighted by molar-refractivity contribution is 5.98. The highest BCUT2D eigenvalue weighted by atomic mass is 16.1. The van der Waals surface area contributed by atoms with Crippen LogP contribution in [0.5, 0.6) is 0 Å². The number of nitrogens with one attached hydrogen (secondary N) is 3. The van der Waals surface area contributed by atoms with Gasteiger partial charge in [-0.3, -0.25) is 4.79 Å². The molecule has 5 N–H and O–H groups in total. The van der Waals surface area contributed by atoms with Gasteiger partial charge in [-0.2, -0.15) is 0 Å². The van der Waals surface area contributed by atoms with Gasteiger partial charge in [-0.1, -0.05) is 42.0 Å². The summed E-state index contributed by atoms with van der Waals surface area (Å²) in [5.41, 5.74) is 11.0. The molecule has 140 valence electrons. The fourth-order valence-corrected chi connectivity index (χ4v) is 3.60. The van der Waals surface area contributed by atoms with Crippen molar-refractivity contribution < 1.29 is 4.79 Å². The molecule has 1 aliphatic rings. The van der Waals surface area contributed by atoms with Gasteiger partial charge in [0.25, 0.3) is 5.91 Å². The first-order valence-corrected chi connectivity index (χ1v) is 9.55. The monoisotopic (exact) mass is 362 g/mol. The van der Waals surface area contributed by atoms with E-state index in [2.05, 4.69) is 65.0 Å². The van der Waals surface area contributed by atoms with Crippen LogP contribution in [0.2, 0.25) is 0 Å². The van der Waals surface area contributed by atoms with Crippen LogP contribution in [0, 0.1) is 6.92 Å². The minimum Gasteiger partial charge on any atom is -0.351 e. The smallest absolute Gasteiger partial charge is 0.267 e. The summed E-state index contributed by atoms with van der Waals surface area (Å²) in [6, 6.07) is 17.2. The number of aromatic amines is 1. The molecule has 27 heavy (non-hydrogen) atoms. The number of benzene rings is 2. The van der Waals surface area contributed by atoms with E-state index in [0.717, 1.165) is 35.9 Å². The van der Waals surface area contributed by atoms with E-state index >= 15 is 0 Å². The third-order valence-corrected chi connectivity index (χ3v) is 5.32. The number of nitrogens with two attached hydrogens (primary N) is 1. The number of hydrogen-bond acceptors (Lipinski definition) is 3. The van der Waals surface area contributed by atoms with E-state index < -0.39 is 0 Å². The second-order valence-corrected chi connectivity index (χ2v) is 7.50. The Bertz CT molecular complexity index is 937. The Kier molecular flexibility index (Phi) is 4.97. The summed E-state index contributed by atoms with van der Waals surface area (Å²) < 4.78 is 0. The minimum absolute atomic E-state index is 0.0697. The average molecular weight is 362 g/mol. The maximum Gasteiger partial charge on any atom is 0.267 e. The van der Waals surface area contributed by atoms with Crippen LogP contribution in [0.3, 0.4) is 0 Å². The number of carbonyl (C=O) groups is 1. The fourth-order valence-electron chi connectivity index (χ4n) is 3.60. The van der Waals surface area contributed by atoms with Crippen LogP contribution in [0.15, 0.2) is 48.5 Å². The first-order chi connectivity index (χ1) is 13.1. The molecule has 4 rings (SSSR count). The third kappa shape index (κ3) is 4.04. The van der Waals surface area contributed by atoms with Gasteiger partial charge in [0.15, 0.2) is 0 Å². The van der Waals surface area contributed by atoms with E-state index in [9.17, 15) is 4.79 Å². The highest BCUT2D eigenvalue weighted by Gasteiger charge is 2.19. The van der Waals surface area contributed by atoms with Crippen molar-refractivity contribution in [2.24, 2.45) is 5.73 Å². The maximum atomic E-state index is 12.5. The first kappa shape index (κ1) is 17.8. The molecule has 1 aromatic heterocycles. The Labute approximate surface area is 159 Å². The van der Waals surface area contributed by atoms with Crippen LogP contribution in [0.1, 0.15) is 28.9 Å². The molecule has 1 saturated heterocycles. The van der Waals surface area contributed by atoms with Gasteiger partial charge in [0.2, 0.25) is 0 Å². The zero-order chi connectivity index (χ0) is 18.8. The van der Waals surface area contributed by atoms with Crippen LogP contribution >= 0.6 is 0 Å². The van der Waals surface area contributed by atoms with Crippen molar-refractivity contribution in [2.75, 3.05) is 13.1 Å². The number of rotatable bonds is 4. The summed E-state index contributed by atoms with van der Waals surface area (Å²) in [6.45, 7) is 3.52. The van der Waals surface area contributed by atoms with Crippen LogP contribution in [-0.2, 0) is 0 Å². The second-order valence-electron chi connectivity index (χ2n) is 7.50. The molecule has 1 aliphatic heterocycles. The predicted molar refractivity (Wildman–Crippen MR) is 110 cm³/mol. The second kappa shape index (κ2) is 7.55. The van der Waals surface area contributed by atoms with Gasteiger partial charge in [-0.15, -0.1) is 0 Å². The molecule has 1 amide bonds. The summed E-state index contributed by atoms with van der Waals surface area (Å²) in [6.07, 6.45) is 2.00. The number of fused-ring (bicyclic) bond motifs is 1. The Morgan fingerprint density at radius 2 is 1.89 bits per heavy atom. The van der Waals surface area contributed by atoms with Crippen molar-refractivity contribution >= 4 is 16.8 Å². The molecule has 3 aromatic rings. The van der Waals surface area contributed by atoms with E-state index in [4.69, 9.17) is 5.73 Å². The van der Waals surface area contributed by atoms with Gasteiger partial charge in [0, 0.05) is 36.1 Å². The molecule has 5 nitrogen and oxygen atoms in total. The zero-order valence-corrected chi connectivity index (χ0v) is 15.6. The molecule has 0 saturated carbocycles. The number of aromatic nitrogens is 1. The number of carbonyl (C=O) groups excluding carboxylic acids is 1. The van der Waals surface area contributed by atoms with Gasteiger partial charge >= 0.3 is 0 Å². The highest BCUT2D eigenvalue weighted by Crippen LogP contribution is 2.25. The lowest BCUT2D eigenvalue weighted by molar-refractivity contribution is 0.0943. The molecule has 0 radical (unpaired) electrons. The van der Waals surface area contributed by atoms with E-state index in [1.165, 1.54) is 11.1 Å². The number of amides is 1. The van der Waals surface area contributed by atoms with Crippen molar-refractivity contribution in [3.05, 3.63) is 59.8 Å². The van der Waals surface area contributed by atoms with Crippen molar-refractivity contribution in [3.63, 3.8) is 0 Å². The molecule has 2 aromatic carbocycles. The quantitative estimate of drug-likeness (QED) is 0.576.